The summed E-state index contributed by atoms with van der Waals surface area (Å²) >= 11 is 0. The van der Waals surface area contributed by atoms with E-state index < -0.39 is 46.1 Å². The van der Waals surface area contributed by atoms with Crippen LogP contribution >= 0.6 is 0 Å². The Balaban J connectivity index is 1.47. The molecule has 1 aromatic carbocycles. The summed E-state index contributed by atoms with van der Waals surface area (Å²) in [6.07, 6.45) is 6.65. The molecule has 9 nitrogen and oxygen atoms in total. The molecule has 0 aromatic heterocycles. The highest BCUT2D eigenvalue weighted by molar-refractivity contribution is 5.87. The van der Waals surface area contributed by atoms with Gasteiger partial charge in [-0.2, -0.15) is 0 Å². The van der Waals surface area contributed by atoms with Crippen LogP contribution in [0.15, 0.2) is 40.7 Å². The van der Waals surface area contributed by atoms with Crippen LogP contribution in [0.25, 0.3) is 0 Å². The highest BCUT2D eigenvalue weighted by Gasteiger charge is 2.73. The molecule has 9 heteroatoms. The molecule has 226 valence electrons. The summed E-state index contributed by atoms with van der Waals surface area (Å²) in [7, 11) is 0. The van der Waals surface area contributed by atoms with E-state index in [-0.39, 0.29) is 35.8 Å². The molecule has 1 aliphatic carbocycles. The van der Waals surface area contributed by atoms with Crippen molar-refractivity contribution in [2.45, 2.75) is 109 Å². The number of allylic oxidation sites excluding steroid dienone is 1. The maximum absolute atomic E-state index is 12.8. The van der Waals surface area contributed by atoms with Crippen LogP contribution in [0.3, 0.4) is 0 Å². The number of aliphatic hydroxyl groups excluding tert-OH is 1. The van der Waals surface area contributed by atoms with Gasteiger partial charge < -0.3 is 29.2 Å². The average Bonchev–Trinajstić information content (AvgIpc) is 3.10. The molecule has 42 heavy (non-hydrogen) atoms. The minimum atomic E-state index is -1.58. The first-order chi connectivity index (χ1) is 19.5. The topological polar surface area (TPSA) is 129 Å². The fourth-order valence-corrected chi connectivity index (χ4v) is 8.08. The van der Waals surface area contributed by atoms with Gasteiger partial charge in [-0.3, -0.25) is 9.59 Å². The van der Waals surface area contributed by atoms with Crippen LogP contribution in [-0.2, 0) is 30.2 Å². The molecular weight excluding hydrogens is 540 g/mol. The Labute approximate surface area is 245 Å². The van der Waals surface area contributed by atoms with E-state index in [9.17, 15) is 24.6 Å². The Morgan fingerprint density at radius 1 is 0.952 bits per heavy atom. The van der Waals surface area contributed by atoms with E-state index in [0.29, 0.717) is 37.0 Å². The molecule has 0 bridgehead atoms. The van der Waals surface area contributed by atoms with Gasteiger partial charge in [0.1, 0.15) is 17.8 Å². The Kier molecular flexibility index (Phi) is 6.31. The Bertz CT molecular complexity index is 1490. The van der Waals surface area contributed by atoms with E-state index in [1.54, 1.807) is 6.92 Å². The van der Waals surface area contributed by atoms with Crippen LogP contribution in [0.5, 0.6) is 11.5 Å². The predicted molar refractivity (Wildman–Crippen MR) is 152 cm³/mol. The number of ether oxygens (including phenoxy) is 4. The third kappa shape index (κ3) is 4.22. The van der Waals surface area contributed by atoms with Gasteiger partial charge >= 0.3 is 11.9 Å². The van der Waals surface area contributed by atoms with Gasteiger partial charge in [0, 0.05) is 24.5 Å². The van der Waals surface area contributed by atoms with Crippen molar-refractivity contribution in [3.05, 3.63) is 57.3 Å². The van der Waals surface area contributed by atoms with Crippen molar-refractivity contribution < 1.29 is 38.7 Å². The van der Waals surface area contributed by atoms with E-state index >= 15 is 0 Å². The first-order valence-corrected chi connectivity index (χ1v) is 14.8. The van der Waals surface area contributed by atoms with Crippen LogP contribution in [0.1, 0.15) is 77.8 Å². The van der Waals surface area contributed by atoms with Crippen molar-refractivity contribution in [2.24, 2.45) is 17.3 Å². The lowest BCUT2D eigenvalue weighted by Gasteiger charge is -2.57. The Morgan fingerprint density at radius 2 is 1.69 bits per heavy atom. The number of carbonyl (C=O) groups excluding carboxylic acids is 2. The zero-order chi connectivity index (χ0) is 30.5. The smallest absolute Gasteiger partial charge is 0.333 e. The minimum absolute atomic E-state index is 0.134. The third-order valence-electron chi connectivity index (χ3n) is 10.6. The summed E-state index contributed by atoms with van der Waals surface area (Å²) in [4.78, 5) is 38.0. The highest BCUT2D eigenvalue weighted by atomic mass is 16.8. The fraction of sp³-hybridized carbons (Fsp3) is 0.606. The zero-order valence-electron chi connectivity index (χ0n) is 25.1. The molecule has 6 rings (SSSR count). The number of esters is 2. The maximum atomic E-state index is 12.8. The largest absolute Gasteiger partial charge is 0.504 e. The lowest BCUT2D eigenvalue weighted by molar-refractivity contribution is -0.352. The monoisotopic (exact) mass is 580 g/mol. The second-order valence-electron chi connectivity index (χ2n) is 14.1. The normalized spacial score (nSPS) is 40.4. The molecule has 2 N–H and O–H groups in total. The number of fused-ring (bicyclic) bond motifs is 3. The van der Waals surface area contributed by atoms with Crippen molar-refractivity contribution in [3.8, 4) is 11.5 Å². The molecule has 0 radical (unpaired) electrons. The minimum Gasteiger partial charge on any atom is -0.504 e. The first-order valence-electron chi connectivity index (χ1n) is 14.8. The summed E-state index contributed by atoms with van der Waals surface area (Å²) in [5.41, 5.74) is -1.97. The molecule has 4 heterocycles. The van der Waals surface area contributed by atoms with Crippen molar-refractivity contribution in [1.82, 2.24) is 0 Å². The second-order valence-corrected chi connectivity index (χ2v) is 14.1. The molecular formula is C33H40O9. The third-order valence-corrected chi connectivity index (χ3v) is 10.6. The number of carbonyl (C=O) groups is 2. The van der Waals surface area contributed by atoms with E-state index in [2.05, 4.69) is 26.0 Å². The van der Waals surface area contributed by atoms with Crippen LogP contribution in [0, 0.1) is 24.2 Å². The van der Waals surface area contributed by atoms with Gasteiger partial charge in [-0.25, -0.2) is 4.79 Å². The fourth-order valence-electron chi connectivity index (χ4n) is 8.08. The van der Waals surface area contributed by atoms with Gasteiger partial charge in [0.25, 0.3) is 5.79 Å². The van der Waals surface area contributed by atoms with Gasteiger partial charge in [-0.05, 0) is 87.5 Å². The number of aromatic hydroxyl groups is 1. The molecule has 5 aliphatic rings. The predicted octanol–water partition coefficient (Wildman–Crippen LogP) is 4.18. The molecule has 1 aromatic rings. The van der Waals surface area contributed by atoms with Crippen molar-refractivity contribution >= 4 is 11.9 Å². The van der Waals surface area contributed by atoms with E-state index in [1.807, 2.05) is 20.8 Å². The molecule has 2 fully saturated rings. The van der Waals surface area contributed by atoms with E-state index in [0.717, 1.165) is 11.1 Å². The van der Waals surface area contributed by atoms with Gasteiger partial charge in [0.15, 0.2) is 11.4 Å². The molecule has 0 amide bonds. The van der Waals surface area contributed by atoms with Gasteiger partial charge in [0.2, 0.25) is 5.43 Å². The quantitative estimate of drug-likeness (QED) is 0.343. The van der Waals surface area contributed by atoms with Crippen molar-refractivity contribution in [2.75, 3.05) is 0 Å². The van der Waals surface area contributed by atoms with Crippen LogP contribution in [0.4, 0.5) is 0 Å². The Hall–Kier alpha value is -3.17. The molecule has 4 aliphatic heterocycles. The molecule has 7 atom stereocenters. The van der Waals surface area contributed by atoms with Gasteiger partial charge in [-0.1, -0.05) is 26.0 Å². The summed E-state index contributed by atoms with van der Waals surface area (Å²) in [5.74, 6) is -3.10. The number of aliphatic hydroxyl groups is 1. The number of hydrogen-bond acceptors (Lipinski definition) is 9. The number of aryl methyl sites for hydroxylation is 1. The summed E-state index contributed by atoms with van der Waals surface area (Å²) in [5, 5.41) is 22.4. The highest BCUT2D eigenvalue weighted by Crippen LogP contribution is 2.60. The van der Waals surface area contributed by atoms with Crippen LogP contribution in [-0.4, -0.2) is 50.8 Å². The number of rotatable bonds is 0. The van der Waals surface area contributed by atoms with Crippen LogP contribution < -0.4 is 10.2 Å². The Morgan fingerprint density at radius 3 is 2.43 bits per heavy atom. The van der Waals surface area contributed by atoms with Gasteiger partial charge in [-0.15, -0.1) is 0 Å². The molecule has 2 saturated heterocycles. The summed E-state index contributed by atoms with van der Waals surface area (Å²) < 4.78 is 25.2. The lowest BCUT2D eigenvalue weighted by atomic mass is 9.64. The average molecular weight is 581 g/mol. The molecule has 0 saturated carbocycles. The van der Waals surface area contributed by atoms with Crippen molar-refractivity contribution in [1.29, 1.82) is 0 Å². The zero-order valence-corrected chi connectivity index (χ0v) is 25.1. The SMILES string of the molecule is CC1=CC(=O)O[C@@]23CC(=O)O[C@@]12C[C@H]1C[C@H](O)[C@@]2(C)Oc4cc(=O)c(O)cc(C)c4C[C@H]2CC(C)(C)C=CC[C@]1(C)O3. The summed E-state index contributed by atoms with van der Waals surface area (Å²) in [6.45, 7) is 11.7. The molecule has 0 unspecified atom stereocenters. The maximum Gasteiger partial charge on any atom is 0.333 e. The van der Waals surface area contributed by atoms with Crippen LogP contribution in [0.2, 0.25) is 0 Å². The van der Waals surface area contributed by atoms with E-state index in [4.69, 9.17) is 18.9 Å². The lowest BCUT2D eigenvalue weighted by Crippen LogP contribution is -2.68. The second kappa shape index (κ2) is 9.16. The van der Waals surface area contributed by atoms with Crippen molar-refractivity contribution in [3.63, 3.8) is 0 Å². The standard InChI is InChI=1S/C33H40O9/c1-18-10-23(34)24(35)14-25-22(18)12-21-15-29(3,4)8-7-9-30(5)20(13-26(36)31(21,6)39-25)16-32-19(2)11-27(37)41-33(32,42-30)17-28(38)40-32/h7-8,10-11,14,20-21,26,36H,9,12-13,15-17H2,1-6H3,(H,34,35)/t20-,21+,26+,30+,31+,32+,33-/m1/s1. The van der Waals surface area contributed by atoms with Gasteiger partial charge in [0.05, 0.1) is 11.7 Å². The molecule has 0 spiro atoms. The van der Waals surface area contributed by atoms with E-state index in [1.165, 1.54) is 18.2 Å². The number of hydrogen-bond donors (Lipinski definition) is 2. The summed E-state index contributed by atoms with van der Waals surface area (Å²) in [6, 6.07) is 2.79. The first kappa shape index (κ1) is 28.9.